The van der Waals surface area contributed by atoms with E-state index in [9.17, 15) is 4.79 Å². The van der Waals surface area contributed by atoms with Crippen LogP contribution in [0.15, 0.2) is 27.4 Å². The van der Waals surface area contributed by atoms with Crippen LogP contribution in [0.3, 0.4) is 0 Å². The number of hydrogen-bond acceptors (Lipinski definition) is 4. The first kappa shape index (κ1) is 10.8. The lowest BCUT2D eigenvalue weighted by molar-refractivity contribution is 0.290. The molecule has 2 N–H and O–H groups in total. The van der Waals surface area contributed by atoms with Crippen LogP contribution in [0.4, 0.5) is 5.69 Å². The molecule has 16 heavy (non-hydrogen) atoms. The largest absolute Gasteiger partial charge is 0.417 e. The Kier molecular flexibility index (Phi) is 2.96. The molecule has 5 nitrogen and oxygen atoms in total. The minimum atomic E-state index is -0.440. The van der Waals surface area contributed by atoms with Gasteiger partial charge in [0.15, 0.2) is 5.58 Å². The van der Waals surface area contributed by atoms with Gasteiger partial charge in [0, 0.05) is 32.0 Å². The molecule has 0 unspecified atom stereocenters. The molecule has 0 atom stereocenters. The Hall–Kier alpha value is -1.75. The third-order valence-electron chi connectivity index (χ3n) is 2.50. The van der Waals surface area contributed by atoms with Gasteiger partial charge in [-0.05, 0) is 18.6 Å². The predicted octanol–water partition coefficient (Wildman–Crippen LogP) is 0.940. The van der Waals surface area contributed by atoms with Crippen LogP contribution in [0.25, 0.3) is 11.1 Å². The topological polar surface area (TPSA) is 69.5 Å². The molecule has 0 aliphatic carbocycles. The maximum atomic E-state index is 11.0. The molecule has 0 spiro atoms. The van der Waals surface area contributed by atoms with Gasteiger partial charge in [0.2, 0.25) is 0 Å². The second-order valence-corrected chi connectivity index (χ2v) is 3.69. The van der Waals surface area contributed by atoms with E-state index in [2.05, 4.69) is 4.98 Å². The standard InChI is InChI=1S/C11H14N2O3/c1-13(5-2-6-14)8-3-4-9-10(7-8)16-11(15)12-9/h3-4,7,14H,2,5-6H2,1H3,(H,12,15). The van der Waals surface area contributed by atoms with Crippen molar-refractivity contribution in [3.63, 3.8) is 0 Å². The Morgan fingerprint density at radius 1 is 1.50 bits per heavy atom. The molecule has 1 heterocycles. The molecular weight excluding hydrogens is 208 g/mol. The molecular formula is C11H14N2O3. The molecule has 1 aromatic heterocycles. The van der Waals surface area contributed by atoms with Crippen molar-refractivity contribution in [3.8, 4) is 0 Å². The number of nitrogens with zero attached hydrogens (tertiary/aromatic N) is 1. The maximum Gasteiger partial charge on any atom is 0.417 e. The summed E-state index contributed by atoms with van der Waals surface area (Å²) in [5.74, 6) is -0.440. The number of benzene rings is 1. The lowest BCUT2D eigenvalue weighted by Crippen LogP contribution is -2.19. The van der Waals surface area contributed by atoms with Crippen molar-refractivity contribution in [3.05, 3.63) is 28.7 Å². The number of aliphatic hydroxyl groups is 1. The minimum absolute atomic E-state index is 0.172. The van der Waals surface area contributed by atoms with E-state index in [1.54, 1.807) is 0 Å². The first-order valence-electron chi connectivity index (χ1n) is 5.15. The molecule has 0 aliphatic rings. The van der Waals surface area contributed by atoms with Crippen LogP contribution >= 0.6 is 0 Å². The van der Waals surface area contributed by atoms with Gasteiger partial charge < -0.3 is 14.4 Å². The number of aliphatic hydroxyl groups excluding tert-OH is 1. The van der Waals surface area contributed by atoms with Crippen molar-refractivity contribution in [1.29, 1.82) is 0 Å². The fourth-order valence-electron chi connectivity index (χ4n) is 1.61. The molecule has 0 amide bonds. The average Bonchev–Trinajstić information content (AvgIpc) is 2.64. The van der Waals surface area contributed by atoms with Crippen LogP contribution in [0.2, 0.25) is 0 Å². The minimum Gasteiger partial charge on any atom is -0.408 e. The zero-order chi connectivity index (χ0) is 11.5. The molecule has 0 saturated carbocycles. The van der Waals surface area contributed by atoms with Crippen molar-refractivity contribution in [1.82, 2.24) is 4.98 Å². The molecule has 0 fully saturated rings. The smallest absolute Gasteiger partial charge is 0.408 e. The van der Waals surface area contributed by atoms with E-state index in [0.29, 0.717) is 17.5 Å². The highest BCUT2D eigenvalue weighted by atomic mass is 16.4. The summed E-state index contributed by atoms with van der Waals surface area (Å²) in [5.41, 5.74) is 2.21. The molecule has 0 bridgehead atoms. The first-order valence-corrected chi connectivity index (χ1v) is 5.15. The average molecular weight is 222 g/mol. The Balaban J connectivity index is 2.27. The summed E-state index contributed by atoms with van der Waals surface area (Å²) >= 11 is 0. The van der Waals surface area contributed by atoms with E-state index in [4.69, 9.17) is 9.52 Å². The normalized spacial score (nSPS) is 10.9. The van der Waals surface area contributed by atoms with Crippen LogP contribution in [0, 0.1) is 0 Å². The van der Waals surface area contributed by atoms with Crippen molar-refractivity contribution in [2.75, 3.05) is 25.1 Å². The van der Waals surface area contributed by atoms with Gasteiger partial charge in [0.05, 0.1) is 5.52 Å². The first-order chi connectivity index (χ1) is 7.70. The number of hydrogen-bond donors (Lipinski definition) is 2. The highest BCUT2D eigenvalue weighted by Gasteiger charge is 2.05. The second kappa shape index (κ2) is 4.40. The summed E-state index contributed by atoms with van der Waals surface area (Å²) in [5, 5.41) is 8.75. The zero-order valence-corrected chi connectivity index (χ0v) is 9.06. The Morgan fingerprint density at radius 2 is 2.31 bits per heavy atom. The van der Waals surface area contributed by atoms with Gasteiger partial charge in [0.1, 0.15) is 0 Å². The molecule has 0 saturated heterocycles. The maximum absolute atomic E-state index is 11.0. The van der Waals surface area contributed by atoms with Crippen molar-refractivity contribution >= 4 is 16.8 Å². The van der Waals surface area contributed by atoms with Crippen molar-refractivity contribution in [2.45, 2.75) is 6.42 Å². The molecule has 2 aromatic rings. The lowest BCUT2D eigenvalue weighted by atomic mass is 10.2. The fraction of sp³-hybridized carbons (Fsp3) is 0.364. The van der Waals surface area contributed by atoms with Crippen LogP contribution in [0.1, 0.15) is 6.42 Å². The highest BCUT2D eigenvalue weighted by Crippen LogP contribution is 2.19. The summed E-state index contributed by atoms with van der Waals surface area (Å²) in [6, 6.07) is 5.53. The SMILES string of the molecule is CN(CCCO)c1ccc2[nH]c(=O)oc2c1. The van der Waals surface area contributed by atoms with E-state index in [-0.39, 0.29) is 6.61 Å². The van der Waals surface area contributed by atoms with Gasteiger partial charge >= 0.3 is 5.76 Å². The van der Waals surface area contributed by atoms with Crippen molar-refractivity contribution < 1.29 is 9.52 Å². The molecule has 5 heteroatoms. The summed E-state index contributed by atoms with van der Waals surface area (Å²) in [6.45, 7) is 0.933. The lowest BCUT2D eigenvalue weighted by Gasteiger charge is -2.18. The van der Waals surface area contributed by atoms with Crippen LogP contribution in [0.5, 0.6) is 0 Å². The predicted molar refractivity (Wildman–Crippen MR) is 61.8 cm³/mol. The number of fused-ring (bicyclic) bond motifs is 1. The van der Waals surface area contributed by atoms with E-state index < -0.39 is 5.76 Å². The second-order valence-electron chi connectivity index (χ2n) is 3.69. The summed E-state index contributed by atoms with van der Waals surface area (Å²) in [6.07, 6.45) is 0.714. The van der Waals surface area contributed by atoms with Gasteiger partial charge in [-0.3, -0.25) is 4.98 Å². The van der Waals surface area contributed by atoms with Gasteiger partial charge in [0.25, 0.3) is 0 Å². The zero-order valence-electron chi connectivity index (χ0n) is 9.06. The Morgan fingerprint density at radius 3 is 3.06 bits per heavy atom. The number of H-pyrrole nitrogens is 1. The van der Waals surface area contributed by atoms with E-state index in [1.165, 1.54) is 0 Å². The number of aromatic amines is 1. The third kappa shape index (κ3) is 2.09. The number of anilines is 1. The quantitative estimate of drug-likeness (QED) is 0.807. The summed E-state index contributed by atoms with van der Waals surface area (Å²) in [7, 11) is 1.93. The molecule has 2 rings (SSSR count). The molecule has 0 radical (unpaired) electrons. The highest BCUT2D eigenvalue weighted by molar-refractivity contribution is 5.76. The van der Waals surface area contributed by atoms with Crippen molar-refractivity contribution in [2.24, 2.45) is 0 Å². The summed E-state index contributed by atoms with van der Waals surface area (Å²) < 4.78 is 4.98. The number of aromatic nitrogens is 1. The molecule has 1 aromatic carbocycles. The van der Waals surface area contributed by atoms with Gasteiger partial charge in [-0.15, -0.1) is 0 Å². The number of rotatable bonds is 4. The third-order valence-corrected chi connectivity index (χ3v) is 2.50. The van der Waals surface area contributed by atoms with Gasteiger partial charge in [-0.25, -0.2) is 4.79 Å². The fourth-order valence-corrected chi connectivity index (χ4v) is 1.61. The van der Waals surface area contributed by atoms with Crippen LogP contribution < -0.4 is 10.7 Å². The van der Waals surface area contributed by atoms with Gasteiger partial charge in [-0.1, -0.05) is 0 Å². The number of oxazole rings is 1. The Bertz CT molecular complexity index is 529. The van der Waals surface area contributed by atoms with E-state index in [0.717, 1.165) is 12.2 Å². The monoisotopic (exact) mass is 222 g/mol. The Labute approximate surface area is 92.3 Å². The van der Waals surface area contributed by atoms with Crippen LogP contribution in [-0.4, -0.2) is 30.3 Å². The van der Waals surface area contributed by atoms with E-state index >= 15 is 0 Å². The molecule has 86 valence electrons. The van der Waals surface area contributed by atoms with Crippen LogP contribution in [-0.2, 0) is 0 Å². The molecule has 0 aliphatic heterocycles. The van der Waals surface area contributed by atoms with Gasteiger partial charge in [-0.2, -0.15) is 0 Å². The number of nitrogens with one attached hydrogen (secondary N) is 1. The summed E-state index contributed by atoms with van der Waals surface area (Å²) in [4.78, 5) is 15.6. The van der Waals surface area contributed by atoms with E-state index in [1.807, 2.05) is 30.1 Å².